The van der Waals surface area contributed by atoms with Crippen molar-refractivity contribution in [1.82, 2.24) is 16.0 Å². The van der Waals surface area contributed by atoms with Crippen LogP contribution in [0.15, 0.2) is 48.5 Å². The summed E-state index contributed by atoms with van der Waals surface area (Å²) in [5.74, 6) is -1.21. The van der Waals surface area contributed by atoms with E-state index in [2.05, 4.69) is 16.0 Å². The molecule has 0 spiro atoms. The van der Waals surface area contributed by atoms with Crippen molar-refractivity contribution >= 4 is 24.1 Å². The normalized spacial score (nSPS) is 12.5. The number of ether oxygens (including phenoxy) is 2. The summed E-state index contributed by atoms with van der Waals surface area (Å²) >= 11 is 0. The molecule has 0 fully saturated rings. The molecule has 2 atom stereocenters. The van der Waals surface area contributed by atoms with Gasteiger partial charge in [0, 0.05) is 19.9 Å². The van der Waals surface area contributed by atoms with Crippen LogP contribution in [0.4, 0.5) is 9.59 Å². The van der Waals surface area contributed by atoms with E-state index in [1.54, 1.807) is 65.8 Å². The summed E-state index contributed by atoms with van der Waals surface area (Å²) in [6.07, 6.45) is -1.01. The molecule has 2 rings (SSSR count). The van der Waals surface area contributed by atoms with Crippen LogP contribution in [-0.2, 0) is 31.9 Å². The minimum absolute atomic E-state index is 0.0979. The molecule has 0 saturated heterocycles. The van der Waals surface area contributed by atoms with Gasteiger partial charge in [-0.25, -0.2) is 14.4 Å². The second-order valence-corrected chi connectivity index (χ2v) is 11.1. The third-order valence-corrected chi connectivity index (χ3v) is 5.00. The molecule has 41 heavy (non-hydrogen) atoms. The number of carboxylic acid groups (broad SMARTS) is 1. The summed E-state index contributed by atoms with van der Waals surface area (Å²) in [5.41, 5.74) is 0.186. The summed E-state index contributed by atoms with van der Waals surface area (Å²) in [4.78, 5) is 46.4. The largest absolute Gasteiger partial charge is 0.508 e. The lowest BCUT2D eigenvalue weighted by molar-refractivity contribution is -0.139. The van der Waals surface area contributed by atoms with Gasteiger partial charge in [-0.05, 0) is 76.9 Å². The molecule has 0 radical (unpaired) electrons. The van der Waals surface area contributed by atoms with Crippen molar-refractivity contribution in [2.75, 3.05) is 7.05 Å². The average Bonchev–Trinajstić information content (AvgIpc) is 2.83. The molecular weight excluding hydrogens is 534 g/mol. The van der Waals surface area contributed by atoms with E-state index in [9.17, 15) is 24.3 Å². The van der Waals surface area contributed by atoms with Crippen LogP contribution in [0.3, 0.4) is 0 Å². The van der Waals surface area contributed by atoms with E-state index in [-0.39, 0.29) is 23.8 Å². The number of likely N-dealkylation sites (N-methyl/N-ethyl adjacent to an activating group) is 1. The Balaban J connectivity index is 0.000000410. The van der Waals surface area contributed by atoms with E-state index in [0.717, 1.165) is 5.56 Å². The van der Waals surface area contributed by atoms with Gasteiger partial charge in [0.25, 0.3) is 0 Å². The van der Waals surface area contributed by atoms with Crippen molar-refractivity contribution in [3.8, 4) is 11.5 Å². The fourth-order valence-corrected chi connectivity index (χ4v) is 3.22. The Morgan fingerprint density at radius 3 is 1.34 bits per heavy atom. The van der Waals surface area contributed by atoms with Crippen LogP contribution in [0.25, 0.3) is 0 Å². The molecule has 0 heterocycles. The van der Waals surface area contributed by atoms with E-state index < -0.39 is 41.4 Å². The van der Waals surface area contributed by atoms with Gasteiger partial charge >= 0.3 is 18.2 Å². The lowest BCUT2D eigenvalue weighted by Crippen LogP contribution is -2.48. The zero-order valence-corrected chi connectivity index (χ0v) is 24.5. The lowest BCUT2D eigenvalue weighted by atomic mass is 10.1. The third kappa shape index (κ3) is 15.0. The van der Waals surface area contributed by atoms with Crippen LogP contribution in [0.2, 0.25) is 0 Å². The van der Waals surface area contributed by atoms with Gasteiger partial charge in [0.2, 0.25) is 5.91 Å². The third-order valence-electron chi connectivity index (χ3n) is 5.00. The monoisotopic (exact) mass is 575 g/mol. The van der Waals surface area contributed by atoms with Crippen molar-refractivity contribution in [1.29, 1.82) is 0 Å². The first-order valence-electron chi connectivity index (χ1n) is 12.9. The molecule has 2 aromatic rings. The Kier molecular flexibility index (Phi) is 12.9. The number of phenols is 2. The zero-order valence-electron chi connectivity index (χ0n) is 24.5. The number of carbonyl (C=O) groups is 4. The van der Waals surface area contributed by atoms with Crippen LogP contribution >= 0.6 is 0 Å². The Morgan fingerprint density at radius 2 is 1.02 bits per heavy atom. The lowest BCUT2D eigenvalue weighted by Gasteiger charge is -2.23. The number of nitrogens with one attached hydrogen (secondary N) is 3. The molecule has 226 valence electrons. The number of carboxylic acids is 1. The maximum Gasteiger partial charge on any atom is 0.408 e. The topological polar surface area (TPSA) is 184 Å². The first-order valence-corrected chi connectivity index (χ1v) is 12.9. The molecule has 0 aromatic heterocycles. The number of hydrogen-bond acceptors (Lipinski definition) is 8. The highest BCUT2D eigenvalue weighted by molar-refractivity contribution is 5.85. The standard InChI is InChI=1S/C15H22N2O4.C14H19NO5/c1-15(2,3)21-14(20)17-12(13(19)16-4)9-10-5-7-11(18)8-6-10;1-14(2,3)20-13(19)15-11(12(17)18)8-9-4-6-10(16)7-5-9/h5-8,12,18H,9H2,1-4H3,(H,16,19)(H,17,20);4-7,11,16H,8H2,1-3H3,(H,15,19)(H,17,18)/t12-;11-/m00/s1. The second-order valence-electron chi connectivity index (χ2n) is 11.1. The smallest absolute Gasteiger partial charge is 0.408 e. The number of hydrogen-bond donors (Lipinski definition) is 6. The van der Waals surface area contributed by atoms with Crippen LogP contribution in [0.1, 0.15) is 52.7 Å². The molecule has 12 nitrogen and oxygen atoms in total. The second kappa shape index (κ2) is 15.3. The van der Waals surface area contributed by atoms with Gasteiger partial charge in [0.15, 0.2) is 0 Å². The van der Waals surface area contributed by atoms with Gasteiger partial charge in [0.1, 0.15) is 34.8 Å². The SMILES string of the molecule is CC(C)(C)OC(=O)N[C@@H](Cc1ccc(O)cc1)C(=O)O.CNC(=O)[C@H](Cc1ccc(O)cc1)NC(=O)OC(C)(C)C. The van der Waals surface area contributed by atoms with Crippen molar-refractivity contribution < 1.29 is 44.0 Å². The predicted molar refractivity (Wildman–Crippen MR) is 152 cm³/mol. The minimum Gasteiger partial charge on any atom is -0.508 e. The number of aliphatic carboxylic acids is 1. The highest BCUT2D eigenvalue weighted by Crippen LogP contribution is 2.14. The summed E-state index contributed by atoms with van der Waals surface area (Å²) in [5, 5.41) is 34.9. The fourth-order valence-electron chi connectivity index (χ4n) is 3.22. The van der Waals surface area contributed by atoms with E-state index in [1.807, 2.05) is 0 Å². The Hall–Kier alpha value is -4.48. The molecule has 0 saturated carbocycles. The van der Waals surface area contributed by atoms with Gasteiger partial charge in [-0.2, -0.15) is 0 Å². The number of alkyl carbamates (subject to hydrolysis) is 2. The molecule has 0 aliphatic carbocycles. The van der Waals surface area contributed by atoms with Crippen molar-refractivity contribution in [3.63, 3.8) is 0 Å². The van der Waals surface area contributed by atoms with Crippen LogP contribution < -0.4 is 16.0 Å². The molecule has 6 N–H and O–H groups in total. The number of phenolic OH excluding ortho intramolecular Hbond substituents is 2. The molecule has 2 aromatic carbocycles. The number of carbonyl (C=O) groups excluding carboxylic acids is 3. The van der Waals surface area contributed by atoms with Crippen LogP contribution in [-0.4, -0.2) is 69.7 Å². The highest BCUT2D eigenvalue weighted by Gasteiger charge is 2.25. The molecular formula is C29H41N3O9. The number of benzene rings is 2. The maximum atomic E-state index is 11.9. The summed E-state index contributed by atoms with van der Waals surface area (Å²) in [7, 11) is 1.50. The first-order chi connectivity index (χ1) is 18.9. The predicted octanol–water partition coefficient (Wildman–Crippen LogP) is 3.49. The van der Waals surface area contributed by atoms with E-state index in [4.69, 9.17) is 19.7 Å². The van der Waals surface area contributed by atoms with Crippen LogP contribution in [0.5, 0.6) is 11.5 Å². The Bertz CT molecular complexity index is 1150. The molecule has 0 unspecified atom stereocenters. The quantitative estimate of drug-likeness (QED) is 0.274. The summed E-state index contributed by atoms with van der Waals surface area (Å²) < 4.78 is 10.2. The summed E-state index contributed by atoms with van der Waals surface area (Å²) in [6, 6.07) is 10.7. The molecule has 3 amide bonds. The van der Waals surface area contributed by atoms with Gasteiger partial charge in [-0.1, -0.05) is 24.3 Å². The van der Waals surface area contributed by atoms with Crippen molar-refractivity contribution in [3.05, 3.63) is 59.7 Å². The molecule has 0 aliphatic rings. The Morgan fingerprint density at radius 1 is 0.683 bits per heavy atom. The van der Waals surface area contributed by atoms with Crippen molar-refractivity contribution in [2.45, 2.75) is 77.7 Å². The van der Waals surface area contributed by atoms with Gasteiger partial charge < -0.3 is 40.7 Å². The van der Waals surface area contributed by atoms with E-state index in [1.165, 1.54) is 31.3 Å². The zero-order chi connectivity index (χ0) is 31.4. The summed E-state index contributed by atoms with van der Waals surface area (Å²) in [6.45, 7) is 10.3. The van der Waals surface area contributed by atoms with Gasteiger partial charge in [-0.3, -0.25) is 4.79 Å². The molecule has 0 bridgehead atoms. The highest BCUT2D eigenvalue weighted by atomic mass is 16.6. The van der Waals surface area contributed by atoms with Crippen molar-refractivity contribution in [2.24, 2.45) is 0 Å². The minimum atomic E-state index is -1.15. The van der Waals surface area contributed by atoms with E-state index >= 15 is 0 Å². The number of amides is 3. The van der Waals surface area contributed by atoms with Crippen LogP contribution in [0, 0.1) is 0 Å². The molecule has 12 heteroatoms. The Labute approximate surface area is 240 Å². The van der Waals surface area contributed by atoms with Gasteiger partial charge in [-0.15, -0.1) is 0 Å². The molecule has 0 aliphatic heterocycles. The van der Waals surface area contributed by atoms with E-state index in [0.29, 0.717) is 12.0 Å². The average molecular weight is 576 g/mol. The van der Waals surface area contributed by atoms with Gasteiger partial charge in [0.05, 0.1) is 0 Å². The first kappa shape index (κ1) is 34.5. The number of rotatable bonds is 8. The number of aromatic hydroxyl groups is 2. The fraction of sp³-hybridized carbons (Fsp3) is 0.448. The maximum absolute atomic E-state index is 11.9.